The number of benzene rings is 1. The summed E-state index contributed by atoms with van der Waals surface area (Å²) in [7, 11) is 0. The van der Waals surface area contributed by atoms with E-state index in [-0.39, 0.29) is 0 Å². The second-order valence-electron chi connectivity index (χ2n) is 5.28. The van der Waals surface area contributed by atoms with Crippen molar-refractivity contribution in [3.05, 3.63) is 59.5 Å². The molecule has 0 N–H and O–H groups in total. The highest BCUT2D eigenvalue weighted by Gasteiger charge is 2.17. The van der Waals surface area contributed by atoms with Crippen molar-refractivity contribution in [2.24, 2.45) is 0 Å². The minimum atomic E-state index is 0.311. The molecule has 0 aliphatic carbocycles. The van der Waals surface area contributed by atoms with E-state index in [1.165, 1.54) is 5.56 Å². The third-order valence-corrected chi connectivity index (χ3v) is 3.96. The first-order valence-corrected chi connectivity index (χ1v) is 7.86. The smallest absolute Gasteiger partial charge is 0.224 e. The highest BCUT2D eigenvalue weighted by molar-refractivity contribution is 6.28. The predicted molar refractivity (Wildman–Crippen MR) is 91.2 cm³/mol. The Morgan fingerprint density at radius 3 is 2.55 bits per heavy atom. The van der Waals surface area contributed by atoms with Crippen molar-refractivity contribution in [1.82, 2.24) is 14.9 Å². The summed E-state index contributed by atoms with van der Waals surface area (Å²) in [6, 6.07) is 12.3. The average molecular weight is 315 g/mol. The fraction of sp³-hybridized carbons (Fsp3) is 0.294. The van der Waals surface area contributed by atoms with E-state index < -0.39 is 0 Å². The van der Waals surface area contributed by atoms with Crippen molar-refractivity contribution in [3.63, 3.8) is 0 Å². The van der Waals surface area contributed by atoms with Crippen LogP contribution in [0.25, 0.3) is 6.08 Å². The standard InChI is InChI=1S/C17H19ClN4/c18-17-19-9-8-16(20-17)22-13-11-21(12-14-22)10-4-7-15-5-2-1-3-6-15/h1-9H,10-14H2. The number of aromatic nitrogens is 2. The summed E-state index contributed by atoms with van der Waals surface area (Å²) in [5.74, 6) is 0.916. The monoisotopic (exact) mass is 314 g/mol. The molecule has 1 saturated heterocycles. The summed E-state index contributed by atoms with van der Waals surface area (Å²) in [6.45, 7) is 4.97. The first-order valence-electron chi connectivity index (χ1n) is 7.49. The Balaban J connectivity index is 1.49. The van der Waals surface area contributed by atoms with Gasteiger partial charge in [0.2, 0.25) is 5.28 Å². The molecule has 3 rings (SSSR count). The average Bonchev–Trinajstić information content (AvgIpc) is 2.56. The van der Waals surface area contributed by atoms with Crippen molar-refractivity contribution in [2.75, 3.05) is 37.6 Å². The van der Waals surface area contributed by atoms with Crippen LogP contribution in [0, 0.1) is 0 Å². The Bertz CT molecular complexity index is 622. The first-order chi connectivity index (χ1) is 10.8. The molecule has 2 aromatic rings. The SMILES string of the molecule is Clc1nccc(N2CCN(CC=Cc3ccccc3)CC2)n1. The summed E-state index contributed by atoms with van der Waals surface area (Å²) < 4.78 is 0. The third kappa shape index (κ3) is 4.06. The number of nitrogens with zero attached hydrogens (tertiary/aromatic N) is 4. The molecule has 0 spiro atoms. The molecule has 0 amide bonds. The molecule has 1 fully saturated rings. The molecule has 0 unspecified atom stereocenters. The number of rotatable bonds is 4. The van der Waals surface area contributed by atoms with E-state index >= 15 is 0 Å². The molecule has 0 bridgehead atoms. The fourth-order valence-electron chi connectivity index (χ4n) is 2.56. The van der Waals surface area contributed by atoms with Gasteiger partial charge in [-0.05, 0) is 23.2 Å². The largest absolute Gasteiger partial charge is 0.354 e. The molecule has 1 aromatic carbocycles. The first kappa shape index (κ1) is 15.0. The lowest BCUT2D eigenvalue weighted by Gasteiger charge is -2.34. The Morgan fingerprint density at radius 2 is 1.82 bits per heavy atom. The highest BCUT2D eigenvalue weighted by Crippen LogP contribution is 2.14. The normalized spacial score (nSPS) is 16.3. The van der Waals surface area contributed by atoms with Gasteiger partial charge in [-0.3, -0.25) is 4.90 Å². The molecular weight excluding hydrogens is 296 g/mol. The van der Waals surface area contributed by atoms with Crippen LogP contribution >= 0.6 is 11.6 Å². The zero-order chi connectivity index (χ0) is 15.2. The van der Waals surface area contributed by atoms with Crippen LogP contribution in [0.1, 0.15) is 5.56 Å². The van der Waals surface area contributed by atoms with E-state index in [1.54, 1.807) is 6.20 Å². The molecule has 5 heteroatoms. The maximum absolute atomic E-state index is 5.85. The van der Waals surface area contributed by atoms with Crippen molar-refractivity contribution in [2.45, 2.75) is 0 Å². The quantitative estimate of drug-likeness (QED) is 0.812. The van der Waals surface area contributed by atoms with Crippen molar-refractivity contribution >= 4 is 23.5 Å². The number of hydrogen-bond donors (Lipinski definition) is 0. The van der Waals surface area contributed by atoms with E-state index in [4.69, 9.17) is 11.6 Å². The van der Waals surface area contributed by atoms with Gasteiger partial charge in [0, 0.05) is 38.9 Å². The number of piperazine rings is 1. The molecule has 1 aliphatic heterocycles. The lowest BCUT2D eigenvalue weighted by Crippen LogP contribution is -2.46. The highest BCUT2D eigenvalue weighted by atomic mass is 35.5. The zero-order valence-corrected chi connectivity index (χ0v) is 13.2. The summed E-state index contributed by atoms with van der Waals surface area (Å²) in [5, 5.41) is 0.311. The molecule has 0 radical (unpaired) electrons. The van der Waals surface area contributed by atoms with Gasteiger partial charge in [0.05, 0.1) is 0 Å². The van der Waals surface area contributed by atoms with Gasteiger partial charge in [-0.15, -0.1) is 0 Å². The van der Waals surface area contributed by atoms with Crippen LogP contribution in [-0.2, 0) is 0 Å². The maximum atomic E-state index is 5.85. The fourth-order valence-corrected chi connectivity index (χ4v) is 2.71. The lowest BCUT2D eigenvalue weighted by atomic mass is 10.2. The Kier molecular flexibility index (Phi) is 5.03. The van der Waals surface area contributed by atoms with Gasteiger partial charge in [-0.1, -0.05) is 42.5 Å². The number of halogens is 1. The Morgan fingerprint density at radius 1 is 1.05 bits per heavy atom. The molecule has 2 heterocycles. The molecule has 4 nitrogen and oxygen atoms in total. The van der Waals surface area contributed by atoms with Gasteiger partial charge >= 0.3 is 0 Å². The van der Waals surface area contributed by atoms with Crippen LogP contribution in [0.3, 0.4) is 0 Å². The van der Waals surface area contributed by atoms with Crippen molar-refractivity contribution in [3.8, 4) is 0 Å². The van der Waals surface area contributed by atoms with Crippen LogP contribution in [0.15, 0.2) is 48.7 Å². The molecule has 22 heavy (non-hydrogen) atoms. The van der Waals surface area contributed by atoms with Crippen LogP contribution in [-0.4, -0.2) is 47.6 Å². The molecular formula is C17H19ClN4. The van der Waals surface area contributed by atoms with E-state index in [9.17, 15) is 0 Å². The number of hydrogen-bond acceptors (Lipinski definition) is 4. The summed E-state index contributed by atoms with van der Waals surface area (Å²) in [6.07, 6.45) is 6.11. The second kappa shape index (κ2) is 7.38. The second-order valence-corrected chi connectivity index (χ2v) is 5.62. The van der Waals surface area contributed by atoms with Gasteiger partial charge in [0.25, 0.3) is 0 Å². The summed E-state index contributed by atoms with van der Waals surface area (Å²) in [5.41, 5.74) is 1.25. The third-order valence-electron chi connectivity index (χ3n) is 3.78. The van der Waals surface area contributed by atoms with Gasteiger partial charge in [0.15, 0.2) is 0 Å². The van der Waals surface area contributed by atoms with Gasteiger partial charge < -0.3 is 4.90 Å². The van der Waals surface area contributed by atoms with Gasteiger partial charge in [-0.2, -0.15) is 0 Å². The van der Waals surface area contributed by atoms with E-state index in [0.717, 1.165) is 38.5 Å². The molecule has 1 aliphatic rings. The van der Waals surface area contributed by atoms with E-state index in [2.05, 4.69) is 56.2 Å². The Hall–Kier alpha value is -1.91. The van der Waals surface area contributed by atoms with Crippen LogP contribution in [0.5, 0.6) is 0 Å². The topological polar surface area (TPSA) is 32.3 Å². The Labute approximate surface area is 136 Å². The zero-order valence-electron chi connectivity index (χ0n) is 12.4. The molecule has 0 saturated carbocycles. The van der Waals surface area contributed by atoms with Crippen LogP contribution in [0.4, 0.5) is 5.82 Å². The summed E-state index contributed by atoms with van der Waals surface area (Å²) in [4.78, 5) is 12.9. The van der Waals surface area contributed by atoms with Crippen LogP contribution < -0.4 is 4.90 Å². The van der Waals surface area contributed by atoms with Crippen LogP contribution in [0.2, 0.25) is 5.28 Å². The van der Waals surface area contributed by atoms with Crippen molar-refractivity contribution < 1.29 is 0 Å². The van der Waals surface area contributed by atoms with Gasteiger partial charge in [-0.25, -0.2) is 9.97 Å². The van der Waals surface area contributed by atoms with E-state index in [1.807, 2.05) is 12.1 Å². The summed E-state index contributed by atoms with van der Waals surface area (Å²) >= 11 is 5.85. The maximum Gasteiger partial charge on any atom is 0.224 e. The lowest BCUT2D eigenvalue weighted by molar-refractivity contribution is 0.283. The van der Waals surface area contributed by atoms with E-state index in [0.29, 0.717) is 5.28 Å². The molecule has 1 aromatic heterocycles. The van der Waals surface area contributed by atoms with Crippen molar-refractivity contribution in [1.29, 1.82) is 0 Å². The predicted octanol–water partition coefficient (Wildman–Crippen LogP) is 2.97. The minimum absolute atomic E-state index is 0.311. The minimum Gasteiger partial charge on any atom is -0.354 e. The van der Waals surface area contributed by atoms with Gasteiger partial charge in [0.1, 0.15) is 5.82 Å². The molecule has 0 atom stereocenters. The number of anilines is 1. The molecule has 114 valence electrons.